The van der Waals surface area contributed by atoms with E-state index in [1.807, 2.05) is 23.6 Å². The molecule has 3 aromatic rings. The monoisotopic (exact) mass is 423 g/mol. The Morgan fingerprint density at radius 1 is 1.07 bits per heavy atom. The van der Waals surface area contributed by atoms with Crippen LogP contribution in [0.1, 0.15) is 40.7 Å². The van der Waals surface area contributed by atoms with Gasteiger partial charge in [0.05, 0.1) is 25.7 Å². The third kappa shape index (κ3) is 2.87. The molecule has 2 aromatic heterocycles. The summed E-state index contributed by atoms with van der Waals surface area (Å²) in [5.41, 5.74) is 2.51. The number of thiophene rings is 1. The summed E-state index contributed by atoms with van der Waals surface area (Å²) < 4.78 is 10.9. The van der Waals surface area contributed by atoms with E-state index in [-0.39, 0.29) is 17.3 Å². The Hall–Kier alpha value is -3.26. The van der Waals surface area contributed by atoms with Gasteiger partial charge in [0.25, 0.3) is 5.56 Å². The van der Waals surface area contributed by atoms with Crippen LogP contribution < -0.4 is 20.3 Å². The van der Waals surface area contributed by atoms with Crippen LogP contribution in [0.25, 0.3) is 0 Å². The number of carbonyl (C=O) groups is 1. The number of Topliss-reactive ketones (excluding diaryl/α,β-unsaturated/α-hetero) is 1. The van der Waals surface area contributed by atoms with E-state index < -0.39 is 5.92 Å². The molecule has 154 valence electrons. The molecule has 0 spiro atoms. The Labute approximate surface area is 176 Å². The molecule has 3 heterocycles. The predicted molar refractivity (Wildman–Crippen MR) is 115 cm³/mol. The zero-order chi connectivity index (χ0) is 20.8. The average Bonchev–Trinajstić information content (AvgIpc) is 3.42. The van der Waals surface area contributed by atoms with E-state index in [1.165, 1.54) is 4.88 Å². The molecule has 1 aliphatic heterocycles. The first-order chi connectivity index (χ1) is 14.6. The van der Waals surface area contributed by atoms with Gasteiger partial charge in [-0.1, -0.05) is 12.1 Å². The van der Waals surface area contributed by atoms with Crippen molar-refractivity contribution in [2.45, 2.75) is 24.7 Å². The molecule has 30 heavy (non-hydrogen) atoms. The van der Waals surface area contributed by atoms with Crippen molar-refractivity contribution in [3.63, 3.8) is 0 Å². The molecule has 5 rings (SSSR count). The first kappa shape index (κ1) is 18.7. The van der Waals surface area contributed by atoms with Crippen molar-refractivity contribution in [1.82, 2.24) is 10.2 Å². The molecule has 0 fully saturated rings. The number of methoxy groups -OCH3 is 2. The minimum absolute atomic E-state index is 0.0521. The van der Waals surface area contributed by atoms with Crippen LogP contribution in [0.15, 0.2) is 51.8 Å². The van der Waals surface area contributed by atoms with Crippen molar-refractivity contribution in [3.8, 4) is 11.5 Å². The van der Waals surface area contributed by atoms with Gasteiger partial charge in [0, 0.05) is 40.1 Å². The number of rotatable bonds is 4. The van der Waals surface area contributed by atoms with E-state index >= 15 is 0 Å². The van der Waals surface area contributed by atoms with Gasteiger partial charge in [-0.2, -0.15) is 0 Å². The van der Waals surface area contributed by atoms with Crippen molar-refractivity contribution in [3.05, 3.63) is 73.3 Å². The first-order valence-electron chi connectivity index (χ1n) is 9.69. The highest BCUT2D eigenvalue weighted by molar-refractivity contribution is 7.10. The quantitative estimate of drug-likeness (QED) is 0.594. The van der Waals surface area contributed by atoms with Crippen LogP contribution in [-0.4, -0.2) is 30.2 Å². The molecular weight excluding hydrogens is 402 g/mol. The lowest BCUT2D eigenvalue weighted by Gasteiger charge is -2.34. The Kier molecular flexibility index (Phi) is 4.51. The largest absolute Gasteiger partial charge is 0.497 e. The number of allylic oxidation sites excluding steroid dienone is 2. The van der Waals surface area contributed by atoms with Gasteiger partial charge in [-0.3, -0.25) is 19.8 Å². The van der Waals surface area contributed by atoms with E-state index in [0.29, 0.717) is 41.3 Å². The standard InChI is InChI=1S/C22H21N3O4S/c1-28-12-5-6-13(16(10-12)29-2)18-19-14(23-21-20(18)22(27)25-24-21)8-11(9-15(19)26)17-4-3-7-30-17/h3-7,10-11,18H,8-9H2,1-2H3,(H3,23,24,25,27)/t11-,18-/m0/s1. The Morgan fingerprint density at radius 3 is 2.67 bits per heavy atom. The van der Waals surface area contributed by atoms with Gasteiger partial charge in [0.2, 0.25) is 0 Å². The van der Waals surface area contributed by atoms with Crippen LogP contribution in [0.5, 0.6) is 11.5 Å². The zero-order valence-corrected chi connectivity index (χ0v) is 17.4. The second-order valence-electron chi connectivity index (χ2n) is 7.47. The molecule has 8 heteroatoms. The van der Waals surface area contributed by atoms with Crippen LogP contribution >= 0.6 is 11.3 Å². The van der Waals surface area contributed by atoms with Gasteiger partial charge in [-0.15, -0.1) is 11.3 Å². The molecule has 2 aliphatic rings. The van der Waals surface area contributed by atoms with Crippen LogP contribution in [0.4, 0.5) is 5.82 Å². The van der Waals surface area contributed by atoms with E-state index in [9.17, 15) is 9.59 Å². The molecule has 1 aliphatic carbocycles. The van der Waals surface area contributed by atoms with Crippen molar-refractivity contribution >= 4 is 22.9 Å². The number of hydrogen-bond acceptors (Lipinski definition) is 6. The van der Waals surface area contributed by atoms with E-state index in [2.05, 4.69) is 21.6 Å². The number of aromatic amines is 2. The normalized spacial score (nSPS) is 20.4. The van der Waals surface area contributed by atoms with Gasteiger partial charge in [0.15, 0.2) is 5.78 Å². The smallest absolute Gasteiger partial charge is 0.270 e. The number of ether oxygens (including phenoxy) is 2. The summed E-state index contributed by atoms with van der Waals surface area (Å²) in [4.78, 5) is 27.3. The number of benzene rings is 1. The maximum Gasteiger partial charge on any atom is 0.270 e. The lowest BCUT2D eigenvalue weighted by atomic mass is 9.73. The summed E-state index contributed by atoms with van der Waals surface area (Å²) in [5, 5.41) is 10.9. The third-order valence-electron chi connectivity index (χ3n) is 5.87. The number of fused-ring (bicyclic) bond motifs is 1. The summed E-state index contributed by atoms with van der Waals surface area (Å²) in [6.45, 7) is 0. The Bertz CT molecular complexity index is 1210. The van der Waals surface area contributed by atoms with Crippen molar-refractivity contribution in [2.75, 3.05) is 19.5 Å². The third-order valence-corrected chi connectivity index (χ3v) is 6.91. The maximum absolute atomic E-state index is 13.4. The highest BCUT2D eigenvalue weighted by atomic mass is 32.1. The molecule has 0 saturated heterocycles. The highest BCUT2D eigenvalue weighted by Gasteiger charge is 2.41. The number of hydrogen-bond donors (Lipinski definition) is 3. The van der Waals surface area contributed by atoms with E-state index in [4.69, 9.17) is 9.47 Å². The fourth-order valence-electron chi connectivity index (χ4n) is 4.51. The maximum atomic E-state index is 13.4. The fraction of sp³-hybridized carbons (Fsp3) is 0.273. The predicted octanol–water partition coefficient (Wildman–Crippen LogP) is 3.74. The number of anilines is 1. The van der Waals surface area contributed by atoms with Gasteiger partial charge >= 0.3 is 0 Å². The minimum Gasteiger partial charge on any atom is -0.497 e. The zero-order valence-electron chi connectivity index (χ0n) is 16.6. The topological polar surface area (TPSA) is 96.2 Å². The SMILES string of the molecule is COc1ccc([C@H]2C3=C(C[C@H](c4cccs4)CC3=O)Nc3[nH][nH]c(=O)c32)c(OC)c1. The molecule has 0 unspecified atom stereocenters. The summed E-state index contributed by atoms with van der Waals surface area (Å²) in [7, 11) is 3.16. The number of ketones is 1. The summed E-state index contributed by atoms with van der Waals surface area (Å²) in [6, 6.07) is 9.55. The number of carbonyl (C=O) groups excluding carboxylic acids is 1. The van der Waals surface area contributed by atoms with Gasteiger partial charge < -0.3 is 14.8 Å². The Morgan fingerprint density at radius 2 is 1.93 bits per heavy atom. The summed E-state index contributed by atoms with van der Waals surface area (Å²) in [5.74, 6) is 1.50. The second-order valence-corrected chi connectivity index (χ2v) is 8.45. The van der Waals surface area contributed by atoms with Crippen LogP contribution in [0.3, 0.4) is 0 Å². The molecular formula is C22H21N3O4S. The van der Waals surface area contributed by atoms with Gasteiger partial charge in [0.1, 0.15) is 17.3 Å². The second kappa shape index (κ2) is 7.21. The minimum atomic E-state index is -0.510. The molecule has 0 bridgehead atoms. The van der Waals surface area contributed by atoms with E-state index in [1.54, 1.807) is 31.6 Å². The lowest BCUT2D eigenvalue weighted by Crippen LogP contribution is -2.31. The van der Waals surface area contributed by atoms with Gasteiger partial charge in [-0.05, 0) is 23.9 Å². The lowest BCUT2D eigenvalue weighted by molar-refractivity contribution is -0.116. The van der Waals surface area contributed by atoms with Crippen molar-refractivity contribution in [2.24, 2.45) is 0 Å². The molecule has 7 nitrogen and oxygen atoms in total. The number of H-pyrrole nitrogens is 2. The van der Waals surface area contributed by atoms with Crippen LogP contribution in [0, 0.1) is 0 Å². The van der Waals surface area contributed by atoms with Crippen LogP contribution in [0.2, 0.25) is 0 Å². The molecule has 2 atom stereocenters. The summed E-state index contributed by atoms with van der Waals surface area (Å²) >= 11 is 1.67. The molecule has 1 aromatic carbocycles. The molecule has 0 amide bonds. The number of aromatic nitrogens is 2. The summed E-state index contributed by atoms with van der Waals surface area (Å²) in [6.07, 6.45) is 1.14. The first-order valence-corrected chi connectivity index (χ1v) is 10.6. The fourth-order valence-corrected chi connectivity index (χ4v) is 5.34. The highest BCUT2D eigenvalue weighted by Crippen LogP contribution is 2.49. The van der Waals surface area contributed by atoms with Crippen LogP contribution in [-0.2, 0) is 4.79 Å². The van der Waals surface area contributed by atoms with Gasteiger partial charge in [-0.25, -0.2) is 0 Å². The van der Waals surface area contributed by atoms with Crippen molar-refractivity contribution in [1.29, 1.82) is 0 Å². The average molecular weight is 423 g/mol. The Balaban J connectivity index is 1.68. The van der Waals surface area contributed by atoms with E-state index in [0.717, 1.165) is 11.3 Å². The molecule has 0 radical (unpaired) electrons. The van der Waals surface area contributed by atoms with Crippen molar-refractivity contribution < 1.29 is 14.3 Å². The molecule has 0 saturated carbocycles. The molecule has 3 N–H and O–H groups in total. The number of nitrogens with one attached hydrogen (secondary N) is 3.